The highest BCUT2D eigenvalue weighted by atomic mass is 16.4. The van der Waals surface area contributed by atoms with Gasteiger partial charge in [-0.15, -0.1) is 12.3 Å². The highest BCUT2D eigenvalue weighted by Gasteiger charge is 2.21. The van der Waals surface area contributed by atoms with Crippen LogP contribution in [-0.4, -0.2) is 29.1 Å². The molecule has 4 N–H and O–H groups in total. The average molecular weight is 198 g/mol. The van der Waals surface area contributed by atoms with E-state index in [0.717, 1.165) is 0 Å². The van der Waals surface area contributed by atoms with Gasteiger partial charge in [0, 0.05) is 6.42 Å². The fraction of sp³-hybridized carbons (Fsp3) is 0.556. The zero-order valence-corrected chi connectivity index (χ0v) is 7.99. The Bertz CT molecular complexity index is 257. The summed E-state index contributed by atoms with van der Waals surface area (Å²) in [5.74, 6) is 0.531. The monoisotopic (exact) mass is 198 g/mol. The van der Waals surface area contributed by atoms with Crippen LogP contribution in [0.25, 0.3) is 0 Å². The van der Waals surface area contributed by atoms with E-state index in [9.17, 15) is 9.59 Å². The van der Waals surface area contributed by atoms with Crippen molar-refractivity contribution >= 4 is 11.9 Å². The molecule has 0 spiro atoms. The van der Waals surface area contributed by atoms with Crippen LogP contribution in [0, 0.1) is 12.3 Å². The Hall–Kier alpha value is -1.54. The summed E-state index contributed by atoms with van der Waals surface area (Å²) in [5, 5.41) is 10.9. The van der Waals surface area contributed by atoms with E-state index in [1.165, 1.54) is 0 Å². The Labute approximate surface area is 82.7 Å². The van der Waals surface area contributed by atoms with E-state index >= 15 is 0 Å². The van der Waals surface area contributed by atoms with Gasteiger partial charge in [-0.25, -0.2) is 4.79 Å². The standard InChI is InChI=1S/C9H14N2O3/c1-3-5-7(9(13)14)11-8(12)6(10)4-2/h1,6-7H,4-5,10H2,2H3,(H,11,12)(H,13,14)/t6-,7?/m0/s1. The maximum absolute atomic E-state index is 11.2. The summed E-state index contributed by atoms with van der Waals surface area (Å²) < 4.78 is 0. The van der Waals surface area contributed by atoms with E-state index in [4.69, 9.17) is 17.3 Å². The summed E-state index contributed by atoms with van der Waals surface area (Å²) in [6.45, 7) is 1.74. The molecule has 0 bridgehead atoms. The first-order chi connectivity index (χ1) is 6.52. The largest absolute Gasteiger partial charge is 0.480 e. The predicted octanol–water partition coefficient (Wildman–Crippen LogP) is -0.684. The van der Waals surface area contributed by atoms with Gasteiger partial charge in [0.2, 0.25) is 5.91 Å². The zero-order chi connectivity index (χ0) is 11.1. The third-order valence-corrected chi connectivity index (χ3v) is 1.71. The number of carbonyl (C=O) groups is 2. The molecule has 0 aliphatic carbocycles. The molecule has 1 amide bonds. The summed E-state index contributed by atoms with van der Waals surface area (Å²) >= 11 is 0. The molecule has 0 aromatic carbocycles. The lowest BCUT2D eigenvalue weighted by molar-refractivity contribution is -0.141. The van der Waals surface area contributed by atoms with Gasteiger partial charge in [0.25, 0.3) is 0 Å². The first-order valence-electron chi connectivity index (χ1n) is 4.25. The molecule has 0 saturated carbocycles. The van der Waals surface area contributed by atoms with Crippen LogP contribution in [-0.2, 0) is 9.59 Å². The van der Waals surface area contributed by atoms with Crippen LogP contribution in [0.3, 0.4) is 0 Å². The van der Waals surface area contributed by atoms with Crippen molar-refractivity contribution in [2.45, 2.75) is 31.8 Å². The smallest absolute Gasteiger partial charge is 0.327 e. The van der Waals surface area contributed by atoms with Gasteiger partial charge in [-0.2, -0.15) is 0 Å². The number of amides is 1. The number of nitrogens with one attached hydrogen (secondary N) is 1. The topological polar surface area (TPSA) is 92.4 Å². The number of nitrogens with two attached hydrogens (primary N) is 1. The first-order valence-corrected chi connectivity index (χ1v) is 4.25. The maximum Gasteiger partial charge on any atom is 0.327 e. The van der Waals surface area contributed by atoms with Crippen LogP contribution in [0.2, 0.25) is 0 Å². The molecule has 0 saturated heterocycles. The molecule has 0 fully saturated rings. The molecule has 0 aromatic rings. The van der Waals surface area contributed by atoms with Gasteiger partial charge in [-0.1, -0.05) is 6.92 Å². The van der Waals surface area contributed by atoms with Crippen LogP contribution in [0.1, 0.15) is 19.8 Å². The van der Waals surface area contributed by atoms with Crippen molar-refractivity contribution < 1.29 is 14.7 Å². The van der Waals surface area contributed by atoms with E-state index in [1.54, 1.807) is 6.92 Å². The Kier molecular flexibility index (Phi) is 5.34. The average Bonchev–Trinajstić information content (AvgIpc) is 2.15. The third-order valence-electron chi connectivity index (χ3n) is 1.71. The first kappa shape index (κ1) is 12.5. The van der Waals surface area contributed by atoms with Crippen LogP contribution in [0.5, 0.6) is 0 Å². The number of aliphatic carboxylic acids is 1. The second-order valence-corrected chi connectivity index (χ2v) is 2.82. The molecule has 0 heterocycles. The Balaban J connectivity index is 4.24. The normalized spacial score (nSPS) is 13.8. The zero-order valence-electron chi connectivity index (χ0n) is 7.99. The molecule has 5 heteroatoms. The molecular formula is C9H14N2O3. The lowest BCUT2D eigenvalue weighted by Crippen LogP contribution is -2.48. The van der Waals surface area contributed by atoms with Crippen molar-refractivity contribution in [1.29, 1.82) is 0 Å². The maximum atomic E-state index is 11.2. The molecule has 1 unspecified atom stereocenters. The quantitative estimate of drug-likeness (QED) is 0.510. The van der Waals surface area contributed by atoms with Gasteiger partial charge in [0.15, 0.2) is 0 Å². The van der Waals surface area contributed by atoms with E-state index < -0.39 is 24.0 Å². The van der Waals surface area contributed by atoms with E-state index in [2.05, 4.69) is 11.2 Å². The fourth-order valence-electron chi connectivity index (χ4n) is 0.782. The Morgan fingerprint density at radius 3 is 2.57 bits per heavy atom. The minimum atomic E-state index is -1.15. The van der Waals surface area contributed by atoms with E-state index in [1.807, 2.05) is 0 Å². The second-order valence-electron chi connectivity index (χ2n) is 2.82. The summed E-state index contributed by atoms with van der Waals surface area (Å²) in [4.78, 5) is 21.8. The van der Waals surface area contributed by atoms with Gasteiger partial charge >= 0.3 is 5.97 Å². The van der Waals surface area contributed by atoms with Crippen molar-refractivity contribution in [3.63, 3.8) is 0 Å². The number of hydrogen-bond donors (Lipinski definition) is 3. The number of carbonyl (C=O) groups excluding carboxylic acids is 1. The Morgan fingerprint density at radius 2 is 2.21 bits per heavy atom. The lowest BCUT2D eigenvalue weighted by Gasteiger charge is -2.14. The van der Waals surface area contributed by atoms with Crippen molar-refractivity contribution in [2.75, 3.05) is 0 Å². The van der Waals surface area contributed by atoms with Crippen molar-refractivity contribution in [3.05, 3.63) is 0 Å². The second kappa shape index (κ2) is 6.00. The van der Waals surface area contributed by atoms with Gasteiger partial charge in [0.05, 0.1) is 6.04 Å². The number of carboxylic acid groups (broad SMARTS) is 1. The molecule has 14 heavy (non-hydrogen) atoms. The third kappa shape index (κ3) is 3.92. The fourth-order valence-corrected chi connectivity index (χ4v) is 0.782. The molecule has 2 atom stereocenters. The summed E-state index contributed by atoms with van der Waals surface area (Å²) in [6, 6.07) is -1.74. The van der Waals surface area contributed by atoms with Gasteiger partial charge in [-0.3, -0.25) is 4.79 Å². The van der Waals surface area contributed by atoms with Gasteiger partial charge in [-0.05, 0) is 6.42 Å². The van der Waals surface area contributed by atoms with Crippen LogP contribution >= 0.6 is 0 Å². The minimum absolute atomic E-state index is 0.0441. The van der Waals surface area contributed by atoms with Crippen LogP contribution < -0.4 is 11.1 Å². The molecule has 0 aliphatic heterocycles. The minimum Gasteiger partial charge on any atom is -0.480 e. The summed E-state index contributed by atoms with van der Waals surface area (Å²) in [5.41, 5.74) is 5.40. The summed E-state index contributed by atoms with van der Waals surface area (Å²) in [7, 11) is 0. The molecule has 5 nitrogen and oxygen atoms in total. The number of carboxylic acids is 1. The number of hydrogen-bond acceptors (Lipinski definition) is 3. The van der Waals surface area contributed by atoms with Crippen molar-refractivity contribution in [2.24, 2.45) is 5.73 Å². The van der Waals surface area contributed by atoms with E-state index in [0.29, 0.717) is 6.42 Å². The molecular weight excluding hydrogens is 184 g/mol. The van der Waals surface area contributed by atoms with E-state index in [-0.39, 0.29) is 6.42 Å². The number of terminal acetylenes is 1. The lowest BCUT2D eigenvalue weighted by atomic mass is 10.1. The summed E-state index contributed by atoms with van der Waals surface area (Å²) in [6.07, 6.45) is 5.36. The highest BCUT2D eigenvalue weighted by molar-refractivity contribution is 5.86. The molecule has 0 aromatic heterocycles. The van der Waals surface area contributed by atoms with Gasteiger partial charge in [0.1, 0.15) is 6.04 Å². The van der Waals surface area contributed by atoms with Crippen molar-refractivity contribution in [1.82, 2.24) is 5.32 Å². The molecule has 0 radical (unpaired) electrons. The van der Waals surface area contributed by atoms with Crippen molar-refractivity contribution in [3.8, 4) is 12.3 Å². The Morgan fingerprint density at radius 1 is 1.64 bits per heavy atom. The van der Waals surface area contributed by atoms with Gasteiger partial charge < -0.3 is 16.2 Å². The van der Waals surface area contributed by atoms with Crippen LogP contribution in [0.4, 0.5) is 0 Å². The molecule has 78 valence electrons. The predicted molar refractivity (Wildman–Crippen MR) is 51.3 cm³/mol. The van der Waals surface area contributed by atoms with Crippen LogP contribution in [0.15, 0.2) is 0 Å². The molecule has 0 aliphatic rings. The number of rotatable bonds is 5. The SMILES string of the molecule is C#CCC(NC(=O)[C@@H](N)CC)C(=O)O. The highest BCUT2D eigenvalue weighted by Crippen LogP contribution is 1.93. The molecule has 0 rings (SSSR count).